The minimum Gasteiger partial charge on any atom is -0.489 e. The monoisotopic (exact) mass is 349 g/mol. The Kier molecular flexibility index (Phi) is 3.70. The molecule has 0 spiro atoms. The van der Waals surface area contributed by atoms with Crippen LogP contribution >= 0.6 is 0 Å². The minimum absolute atomic E-state index is 0.0390. The highest BCUT2D eigenvalue weighted by Gasteiger charge is 2.38. The van der Waals surface area contributed by atoms with Crippen LogP contribution in [0.1, 0.15) is 12.2 Å². The number of hydrogen-bond donors (Lipinski definition) is 0. The van der Waals surface area contributed by atoms with Gasteiger partial charge in [-0.05, 0) is 24.3 Å². The van der Waals surface area contributed by atoms with Crippen molar-refractivity contribution in [2.45, 2.75) is 18.7 Å². The summed E-state index contributed by atoms with van der Waals surface area (Å²) in [5, 5.41) is 10.8. The molecule has 3 aromatic rings. The first-order valence-corrected chi connectivity index (χ1v) is 7.77. The van der Waals surface area contributed by atoms with Gasteiger partial charge in [-0.2, -0.15) is 17.7 Å². The highest BCUT2D eigenvalue weighted by Crippen LogP contribution is 2.28. The van der Waals surface area contributed by atoms with Crippen LogP contribution in [0.4, 0.5) is 19.0 Å². The Hall–Kier alpha value is -2.84. The molecule has 3 heterocycles. The number of anilines is 1. The molecule has 1 atom stereocenters. The Bertz CT molecular complexity index is 880. The number of ether oxygens (including phenoxy) is 1. The number of hydrogen-bond acceptors (Lipinski definition) is 5. The van der Waals surface area contributed by atoms with Gasteiger partial charge in [-0.15, -0.1) is 15.3 Å². The van der Waals surface area contributed by atoms with Crippen molar-refractivity contribution in [2.75, 3.05) is 18.0 Å². The summed E-state index contributed by atoms with van der Waals surface area (Å²) in [6.45, 7) is 1.20. The predicted octanol–water partition coefficient (Wildman–Crippen LogP) is 2.80. The van der Waals surface area contributed by atoms with E-state index in [0.717, 1.165) is 16.7 Å². The van der Waals surface area contributed by atoms with Gasteiger partial charge in [-0.1, -0.05) is 18.2 Å². The van der Waals surface area contributed by atoms with Crippen molar-refractivity contribution >= 4 is 11.5 Å². The Labute approximate surface area is 140 Å². The Morgan fingerprint density at radius 1 is 1.04 bits per heavy atom. The SMILES string of the molecule is FC(F)(F)c1nnc2ccc(N3CCC(Oc4ccccc4)C3)nn12. The molecule has 9 heteroatoms. The first kappa shape index (κ1) is 15.7. The first-order chi connectivity index (χ1) is 12.0. The second-order valence-corrected chi connectivity index (χ2v) is 5.77. The summed E-state index contributed by atoms with van der Waals surface area (Å²) >= 11 is 0. The third kappa shape index (κ3) is 3.09. The Balaban J connectivity index is 1.54. The number of aromatic nitrogens is 4. The van der Waals surface area contributed by atoms with Crippen molar-refractivity contribution in [3.8, 4) is 5.75 Å². The average Bonchev–Trinajstić information content (AvgIpc) is 3.21. The molecular formula is C16H14F3N5O. The first-order valence-electron chi connectivity index (χ1n) is 7.77. The second-order valence-electron chi connectivity index (χ2n) is 5.77. The number of benzene rings is 1. The number of halogens is 3. The van der Waals surface area contributed by atoms with Gasteiger partial charge in [0.1, 0.15) is 17.7 Å². The number of alkyl halides is 3. The summed E-state index contributed by atoms with van der Waals surface area (Å²) in [5.41, 5.74) is 0.0624. The Morgan fingerprint density at radius 2 is 1.84 bits per heavy atom. The minimum atomic E-state index is -4.60. The molecule has 1 aliphatic heterocycles. The van der Waals surface area contributed by atoms with Gasteiger partial charge in [0.2, 0.25) is 0 Å². The molecular weight excluding hydrogens is 335 g/mol. The third-order valence-corrected chi connectivity index (χ3v) is 4.02. The van der Waals surface area contributed by atoms with Crippen LogP contribution in [-0.4, -0.2) is 39.0 Å². The van der Waals surface area contributed by atoms with E-state index in [2.05, 4.69) is 15.3 Å². The lowest BCUT2D eigenvalue weighted by molar-refractivity contribution is -0.146. The highest BCUT2D eigenvalue weighted by atomic mass is 19.4. The number of para-hydroxylation sites is 1. The van der Waals surface area contributed by atoms with Gasteiger partial charge in [-0.3, -0.25) is 0 Å². The van der Waals surface area contributed by atoms with E-state index in [1.54, 1.807) is 6.07 Å². The third-order valence-electron chi connectivity index (χ3n) is 4.02. The zero-order chi connectivity index (χ0) is 17.4. The van der Waals surface area contributed by atoms with Crippen LogP contribution in [0.3, 0.4) is 0 Å². The van der Waals surface area contributed by atoms with Crippen LogP contribution in [0.15, 0.2) is 42.5 Å². The molecule has 0 amide bonds. The van der Waals surface area contributed by atoms with E-state index in [0.29, 0.717) is 18.9 Å². The Morgan fingerprint density at radius 3 is 2.60 bits per heavy atom. The molecule has 25 heavy (non-hydrogen) atoms. The van der Waals surface area contributed by atoms with Crippen molar-refractivity contribution in [3.63, 3.8) is 0 Å². The second kappa shape index (κ2) is 5.91. The molecule has 6 nitrogen and oxygen atoms in total. The zero-order valence-electron chi connectivity index (χ0n) is 13.0. The molecule has 130 valence electrons. The van der Waals surface area contributed by atoms with Gasteiger partial charge in [-0.25, -0.2) is 0 Å². The van der Waals surface area contributed by atoms with Crippen LogP contribution < -0.4 is 9.64 Å². The fourth-order valence-electron chi connectivity index (χ4n) is 2.85. The van der Waals surface area contributed by atoms with E-state index < -0.39 is 12.0 Å². The quantitative estimate of drug-likeness (QED) is 0.728. The molecule has 0 radical (unpaired) electrons. The van der Waals surface area contributed by atoms with Crippen LogP contribution in [0.2, 0.25) is 0 Å². The van der Waals surface area contributed by atoms with E-state index in [9.17, 15) is 13.2 Å². The summed E-state index contributed by atoms with van der Waals surface area (Å²) in [4.78, 5) is 1.90. The summed E-state index contributed by atoms with van der Waals surface area (Å²) in [6, 6.07) is 12.6. The van der Waals surface area contributed by atoms with Gasteiger partial charge in [0.25, 0.3) is 5.82 Å². The van der Waals surface area contributed by atoms with Gasteiger partial charge in [0, 0.05) is 13.0 Å². The maximum atomic E-state index is 13.0. The largest absolute Gasteiger partial charge is 0.489 e. The van der Waals surface area contributed by atoms with E-state index >= 15 is 0 Å². The lowest BCUT2D eigenvalue weighted by Crippen LogP contribution is -2.26. The highest BCUT2D eigenvalue weighted by molar-refractivity contribution is 5.46. The summed E-state index contributed by atoms with van der Waals surface area (Å²) < 4.78 is 45.5. The number of rotatable bonds is 3. The van der Waals surface area contributed by atoms with E-state index in [1.807, 2.05) is 35.2 Å². The molecule has 0 bridgehead atoms. The van der Waals surface area contributed by atoms with Crippen molar-refractivity contribution in [3.05, 3.63) is 48.3 Å². The maximum absolute atomic E-state index is 13.0. The normalized spacial score (nSPS) is 18.0. The van der Waals surface area contributed by atoms with Crippen molar-refractivity contribution in [1.29, 1.82) is 0 Å². The van der Waals surface area contributed by atoms with Crippen LogP contribution in [0.25, 0.3) is 5.65 Å². The van der Waals surface area contributed by atoms with Crippen molar-refractivity contribution < 1.29 is 17.9 Å². The van der Waals surface area contributed by atoms with E-state index in [1.165, 1.54) is 6.07 Å². The average molecular weight is 349 g/mol. The summed E-state index contributed by atoms with van der Waals surface area (Å²) in [7, 11) is 0. The van der Waals surface area contributed by atoms with Gasteiger partial charge in [0.15, 0.2) is 5.65 Å². The predicted molar refractivity (Wildman–Crippen MR) is 83.5 cm³/mol. The van der Waals surface area contributed by atoms with E-state index in [4.69, 9.17) is 4.74 Å². The van der Waals surface area contributed by atoms with Gasteiger partial charge < -0.3 is 9.64 Å². The molecule has 0 aliphatic carbocycles. The van der Waals surface area contributed by atoms with Crippen molar-refractivity contribution in [1.82, 2.24) is 19.8 Å². The number of nitrogens with zero attached hydrogens (tertiary/aromatic N) is 5. The standard InChI is InChI=1S/C16H14F3N5O/c17-16(18,19)15-21-20-13-6-7-14(22-24(13)15)23-9-8-12(10-23)25-11-4-2-1-3-5-11/h1-7,12H,8-10H2. The fraction of sp³-hybridized carbons (Fsp3) is 0.312. The molecule has 1 saturated heterocycles. The molecule has 0 saturated carbocycles. The molecule has 2 aromatic heterocycles. The summed E-state index contributed by atoms with van der Waals surface area (Å²) in [6.07, 6.45) is -3.87. The lowest BCUT2D eigenvalue weighted by atomic mass is 10.3. The molecule has 1 fully saturated rings. The maximum Gasteiger partial charge on any atom is 0.453 e. The fourth-order valence-corrected chi connectivity index (χ4v) is 2.85. The summed E-state index contributed by atoms with van der Waals surface area (Å²) in [5.74, 6) is 0.0912. The van der Waals surface area contributed by atoms with Gasteiger partial charge >= 0.3 is 6.18 Å². The molecule has 4 rings (SSSR count). The zero-order valence-corrected chi connectivity index (χ0v) is 13.0. The molecule has 1 unspecified atom stereocenters. The number of fused-ring (bicyclic) bond motifs is 1. The van der Waals surface area contributed by atoms with Crippen LogP contribution in [0, 0.1) is 0 Å². The van der Waals surface area contributed by atoms with Crippen molar-refractivity contribution in [2.24, 2.45) is 0 Å². The smallest absolute Gasteiger partial charge is 0.453 e. The molecule has 1 aromatic carbocycles. The molecule has 1 aliphatic rings. The van der Waals surface area contributed by atoms with Gasteiger partial charge in [0.05, 0.1) is 6.54 Å². The lowest BCUT2D eigenvalue weighted by Gasteiger charge is -2.18. The topological polar surface area (TPSA) is 55.5 Å². The van der Waals surface area contributed by atoms with Crippen LogP contribution in [0.5, 0.6) is 5.75 Å². The van der Waals surface area contributed by atoms with E-state index in [-0.39, 0.29) is 11.8 Å². The van der Waals surface area contributed by atoms with Crippen LogP contribution in [-0.2, 0) is 6.18 Å². The molecule has 0 N–H and O–H groups in total.